The molecule has 104 valence electrons. The van der Waals surface area contributed by atoms with Crippen LogP contribution in [0.5, 0.6) is 5.75 Å². The van der Waals surface area contributed by atoms with Gasteiger partial charge in [-0.1, -0.05) is 0 Å². The van der Waals surface area contributed by atoms with Gasteiger partial charge in [0, 0.05) is 25.3 Å². The van der Waals surface area contributed by atoms with E-state index in [-0.39, 0.29) is 5.91 Å². The van der Waals surface area contributed by atoms with Gasteiger partial charge in [0.15, 0.2) is 0 Å². The van der Waals surface area contributed by atoms with Crippen molar-refractivity contribution < 1.29 is 14.3 Å². The van der Waals surface area contributed by atoms with Gasteiger partial charge in [0.05, 0.1) is 7.11 Å². The molecule has 1 fully saturated rings. The summed E-state index contributed by atoms with van der Waals surface area (Å²) in [5, 5.41) is 2.88. The number of hydrogen-bond acceptors (Lipinski definition) is 3. The first-order chi connectivity index (χ1) is 9.29. The summed E-state index contributed by atoms with van der Waals surface area (Å²) in [5.74, 6) is 1.50. The van der Waals surface area contributed by atoms with Crippen LogP contribution in [0.3, 0.4) is 0 Å². The van der Waals surface area contributed by atoms with Crippen LogP contribution in [0.1, 0.15) is 29.6 Å². The zero-order valence-electron chi connectivity index (χ0n) is 11.4. The number of rotatable bonds is 8. The molecule has 0 atom stereocenters. The van der Waals surface area contributed by atoms with Crippen LogP contribution in [0.15, 0.2) is 24.3 Å². The van der Waals surface area contributed by atoms with E-state index >= 15 is 0 Å². The third kappa shape index (κ3) is 4.91. The van der Waals surface area contributed by atoms with Crippen LogP contribution in [0, 0.1) is 5.92 Å². The summed E-state index contributed by atoms with van der Waals surface area (Å²) in [7, 11) is 1.61. The molecule has 0 aliphatic heterocycles. The SMILES string of the molecule is COc1ccc(C(=O)NCCCOCC2CC2)cc1. The average Bonchev–Trinajstić information content (AvgIpc) is 3.26. The summed E-state index contributed by atoms with van der Waals surface area (Å²) in [6.07, 6.45) is 3.48. The number of methoxy groups -OCH3 is 1. The van der Waals surface area contributed by atoms with Crippen molar-refractivity contribution >= 4 is 5.91 Å². The van der Waals surface area contributed by atoms with E-state index in [1.807, 2.05) is 0 Å². The quantitative estimate of drug-likeness (QED) is 0.732. The fourth-order valence-electron chi connectivity index (χ4n) is 1.76. The first kappa shape index (κ1) is 13.9. The van der Waals surface area contributed by atoms with Gasteiger partial charge >= 0.3 is 0 Å². The Morgan fingerprint density at radius 2 is 2.05 bits per heavy atom. The van der Waals surface area contributed by atoms with Crippen LogP contribution in [-0.4, -0.2) is 32.8 Å². The smallest absolute Gasteiger partial charge is 0.251 e. The lowest BCUT2D eigenvalue weighted by atomic mass is 10.2. The summed E-state index contributed by atoms with van der Waals surface area (Å²) < 4.78 is 10.6. The van der Waals surface area contributed by atoms with Gasteiger partial charge in [0.25, 0.3) is 5.91 Å². The molecular weight excluding hydrogens is 242 g/mol. The van der Waals surface area contributed by atoms with E-state index in [2.05, 4.69) is 5.32 Å². The summed E-state index contributed by atoms with van der Waals surface area (Å²) in [4.78, 5) is 11.8. The van der Waals surface area contributed by atoms with Gasteiger partial charge in [-0.3, -0.25) is 4.79 Å². The van der Waals surface area contributed by atoms with Gasteiger partial charge in [0.1, 0.15) is 5.75 Å². The topological polar surface area (TPSA) is 47.6 Å². The third-order valence-corrected chi connectivity index (χ3v) is 3.15. The number of amides is 1. The molecule has 4 heteroatoms. The summed E-state index contributed by atoms with van der Waals surface area (Å²) in [6, 6.07) is 7.09. The van der Waals surface area contributed by atoms with Crippen LogP contribution >= 0.6 is 0 Å². The van der Waals surface area contributed by atoms with Crippen molar-refractivity contribution in [1.82, 2.24) is 5.32 Å². The Morgan fingerprint density at radius 1 is 1.32 bits per heavy atom. The van der Waals surface area contributed by atoms with Gasteiger partial charge in [-0.25, -0.2) is 0 Å². The van der Waals surface area contributed by atoms with Crippen molar-refractivity contribution in [2.75, 3.05) is 26.9 Å². The van der Waals surface area contributed by atoms with E-state index in [9.17, 15) is 4.79 Å². The summed E-state index contributed by atoms with van der Waals surface area (Å²) in [5.41, 5.74) is 0.652. The number of hydrogen-bond donors (Lipinski definition) is 1. The minimum atomic E-state index is -0.0511. The minimum absolute atomic E-state index is 0.0511. The summed E-state index contributed by atoms with van der Waals surface area (Å²) >= 11 is 0. The average molecular weight is 263 g/mol. The van der Waals surface area contributed by atoms with Gasteiger partial charge in [-0.05, 0) is 49.4 Å². The zero-order valence-corrected chi connectivity index (χ0v) is 11.4. The number of carbonyl (C=O) groups is 1. The number of carbonyl (C=O) groups excluding carboxylic acids is 1. The predicted octanol–water partition coefficient (Wildman–Crippen LogP) is 2.24. The molecule has 0 heterocycles. The third-order valence-electron chi connectivity index (χ3n) is 3.15. The van der Waals surface area contributed by atoms with Crippen LogP contribution < -0.4 is 10.1 Å². The monoisotopic (exact) mass is 263 g/mol. The lowest BCUT2D eigenvalue weighted by Gasteiger charge is -2.06. The molecule has 1 aromatic rings. The Kier molecular flexibility index (Phi) is 5.21. The van der Waals surface area contributed by atoms with Crippen molar-refractivity contribution in [2.45, 2.75) is 19.3 Å². The normalized spacial score (nSPS) is 14.2. The van der Waals surface area contributed by atoms with Crippen LogP contribution in [0.2, 0.25) is 0 Å². The molecule has 0 spiro atoms. The number of ether oxygens (including phenoxy) is 2. The number of nitrogens with one attached hydrogen (secondary N) is 1. The van der Waals surface area contributed by atoms with Crippen molar-refractivity contribution in [1.29, 1.82) is 0 Å². The predicted molar refractivity (Wildman–Crippen MR) is 73.5 cm³/mol. The van der Waals surface area contributed by atoms with Crippen LogP contribution in [0.25, 0.3) is 0 Å². The molecule has 1 N–H and O–H groups in total. The van der Waals surface area contributed by atoms with E-state index < -0.39 is 0 Å². The maximum absolute atomic E-state index is 11.8. The fraction of sp³-hybridized carbons (Fsp3) is 0.533. The molecule has 0 radical (unpaired) electrons. The zero-order chi connectivity index (χ0) is 13.5. The lowest BCUT2D eigenvalue weighted by Crippen LogP contribution is -2.25. The molecule has 2 rings (SSSR count). The maximum Gasteiger partial charge on any atom is 0.251 e. The first-order valence-corrected chi connectivity index (χ1v) is 6.79. The molecule has 0 unspecified atom stereocenters. The highest BCUT2D eigenvalue weighted by molar-refractivity contribution is 5.94. The fourth-order valence-corrected chi connectivity index (χ4v) is 1.76. The van der Waals surface area contributed by atoms with E-state index in [1.165, 1.54) is 12.8 Å². The highest BCUT2D eigenvalue weighted by Gasteiger charge is 2.20. The Morgan fingerprint density at radius 3 is 2.68 bits per heavy atom. The molecule has 19 heavy (non-hydrogen) atoms. The molecule has 4 nitrogen and oxygen atoms in total. The lowest BCUT2D eigenvalue weighted by molar-refractivity contribution is 0.0937. The Labute approximate surface area is 114 Å². The molecule has 1 aliphatic rings. The first-order valence-electron chi connectivity index (χ1n) is 6.79. The molecule has 0 aromatic heterocycles. The Balaban J connectivity index is 1.59. The molecule has 0 saturated heterocycles. The van der Waals surface area contributed by atoms with Gasteiger partial charge in [0.2, 0.25) is 0 Å². The van der Waals surface area contributed by atoms with E-state index in [1.54, 1.807) is 31.4 Å². The van der Waals surface area contributed by atoms with Crippen molar-refractivity contribution in [3.05, 3.63) is 29.8 Å². The molecule has 1 aliphatic carbocycles. The van der Waals surface area contributed by atoms with Crippen molar-refractivity contribution in [3.63, 3.8) is 0 Å². The van der Waals surface area contributed by atoms with Gasteiger partial charge < -0.3 is 14.8 Å². The Hall–Kier alpha value is -1.55. The van der Waals surface area contributed by atoms with Crippen molar-refractivity contribution in [2.24, 2.45) is 5.92 Å². The number of benzene rings is 1. The maximum atomic E-state index is 11.8. The van der Waals surface area contributed by atoms with Crippen molar-refractivity contribution in [3.8, 4) is 5.75 Å². The van der Waals surface area contributed by atoms with E-state index in [4.69, 9.17) is 9.47 Å². The van der Waals surface area contributed by atoms with Gasteiger partial charge in [-0.2, -0.15) is 0 Å². The second kappa shape index (κ2) is 7.14. The second-order valence-electron chi connectivity index (χ2n) is 4.86. The van der Waals surface area contributed by atoms with Crippen LogP contribution in [0.4, 0.5) is 0 Å². The molecule has 1 saturated carbocycles. The minimum Gasteiger partial charge on any atom is -0.497 e. The summed E-state index contributed by atoms with van der Waals surface area (Å²) in [6.45, 7) is 2.25. The molecular formula is C15H21NO3. The highest BCUT2D eigenvalue weighted by Crippen LogP contribution is 2.28. The van der Waals surface area contributed by atoms with E-state index in [0.29, 0.717) is 12.1 Å². The molecule has 1 aromatic carbocycles. The largest absolute Gasteiger partial charge is 0.497 e. The standard InChI is InChI=1S/C15H21NO3/c1-18-14-7-5-13(6-8-14)15(17)16-9-2-10-19-11-12-3-4-12/h5-8,12H,2-4,9-11H2,1H3,(H,16,17). The van der Waals surface area contributed by atoms with Crippen LogP contribution in [-0.2, 0) is 4.74 Å². The molecule has 1 amide bonds. The highest BCUT2D eigenvalue weighted by atomic mass is 16.5. The Bertz CT molecular complexity index is 398. The second-order valence-corrected chi connectivity index (χ2v) is 4.86. The van der Waals surface area contributed by atoms with Gasteiger partial charge in [-0.15, -0.1) is 0 Å². The molecule has 0 bridgehead atoms. The van der Waals surface area contributed by atoms with E-state index in [0.717, 1.165) is 31.3 Å².